The zero-order valence-electron chi connectivity index (χ0n) is 28.3. The Balaban J connectivity index is 0.988. The summed E-state index contributed by atoms with van der Waals surface area (Å²) in [4.78, 5) is 49.5. The number of nitrogens with zero attached hydrogens (tertiary/aromatic N) is 4. The van der Waals surface area contributed by atoms with Gasteiger partial charge < -0.3 is 34.4 Å². The Morgan fingerprint density at radius 2 is 1.63 bits per heavy atom. The summed E-state index contributed by atoms with van der Waals surface area (Å²) in [6.45, 7) is 6.88. The first kappa shape index (κ1) is 32.6. The lowest BCUT2D eigenvalue weighted by Gasteiger charge is -2.38. The van der Waals surface area contributed by atoms with Gasteiger partial charge in [-0.3, -0.25) is 9.59 Å². The predicted molar refractivity (Wildman–Crippen MR) is 190 cm³/mol. The highest BCUT2D eigenvalue weighted by molar-refractivity contribution is 5.95. The van der Waals surface area contributed by atoms with E-state index in [1.807, 2.05) is 30.3 Å². The Hall–Kier alpha value is -4.99. The van der Waals surface area contributed by atoms with E-state index < -0.39 is 11.7 Å². The van der Waals surface area contributed by atoms with Gasteiger partial charge in [0.05, 0.1) is 5.92 Å². The first-order valence-corrected chi connectivity index (χ1v) is 17.4. The molecule has 49 heavy (non-hydrogen) atoms. The standard InChI is InChI=1S/C39H45N5O5/c1-39(2,37(46)41-19-21-42(22-20-41)38(47)48)49-32-9-5-8-31(23-32)43-18-6-7-29(26-43)36(45)44(30-16-17-30)25-27-12-14-28(15-13-27)34-24-40-35-11-4-3-10-33(34)35/h3-5,8-15,23-24,29-30,40H,6-7,16-22,25-26H2,1-2H3,(H,47,48). The number of hydrogen-bond acceptors (Lipinski definition) is 5. The van der Waals surface area contributed by atoms with Gasteiger partial charge in [0.25, 0.3) is 5.91 Å². The molecule has 7 rings (SSSR count). The fourth-order valence-electron chi connectivity index (χ4n) is 7.28. The van der Waals surface area contributed by atoms with Gasteiger partial charge in [0.15, 0.2) is 5.60 Å². The topological polar surface area (TPSA) is 109 Å². The number of aromatic nitrogens is 1. The lowest BCUT2D eigenvalue weighted by atomic mass is 9.95. The number of carbonyl (C=O) groups is 3. The van der Waals surface area contributed by atoms with Crippen LogP contribution in [0.3, 0.4) is 0 Å². The maximum absolute atomic E-state index is 14.1. The van der Waals surface area contributed by atoms with E-state index in [2.05, 4.69) is 63.4 Å². The monoisotopic (exact) mass is 663 g/mol. The molecular weight excluding hydrogens is 618 g/mol. The number of piperidine rings is 1. The van der Waals surface area contributed by atoms with Crippen LogP contribution in [0.4, 0.5) is 10.5 Å². The Labute approximate surface area is 287 Å². The Morgan fingerprint density at radius 3 is 2.37 bits per heavy atom. The van der Waals surface area contributed by atoms with Crippen LogP contribution in [0.5, 0.6) is 5.75 Å². The van der Waals surface area contributed by atoms with Crippen molar-refractivity contribution in [1.29, 1.82) is 0 Å². The summed E-state index contributed by atoms with van der Waals surface area (Å²) < 4.78 is 6.27. The van der Waals surface area contributed by atoms with Gasteiger partial charge in [0.1, 0.15) is 5.75 Å². The van der Waals surface area contributed by atoms with Crippen LogP contribution in [-0.2, 0) is 16.1 Å². The lowest BCUT2D eigenvalue weighted by Crippen LogP contribution is -2.56. The fraction of sp³-hybridized carbons (Fsp3) is 0.410. The van der Waals surface area contributed by atoms with Gasteiger partial charge in [-0.1, -0.05) is 48.5 Å². The number of anilines is 1. The summed E-state index contributed by atoms with van der Waals surface area (Å²) >= 11 is 0. The summed E-state index contributed by atoms with van der Waals surface area (Å²) in [5, 5.41) is 10.4. The van der Waals surface area contributed by atoms with Crippen molar-refractivity contribution in [2.45, 2.75) is 57.7 Å². The summed E-state index contributed by atoms with van der Waals surface area (Å²) in [6.07, 6.45) is 4.99. The first-order chi connectivity index (χ1) is 23.7. The maximum Gasteiger partial charge on any atom is 0.407 e. The van der Waals surface area contributed by atoms with E-state index in [1.165, 1.54) is 15.8 Å². The summed E-state index contributed by atoms with van der Waals surface area (Å²) in [6, 6.07) is 25.0. The van der Waals surface area contributed by atoms with E-state index in [-0.39, 0.29) is 30.8 Å². The fourth-order valence-corrected chi connectivity index (χ4v) is 7.28. The van der Waals surface area contributed by atoms with Gasteiger partial charge >= 0.3 is 6.09 Å². The molecule has 0 bridgehead atoms. The number of carboxylic acid groups (broad SMARTS) is 1. The van der Waals surface area contributed by atoms with E-state index >= 15 is 0 Å². The second-order valence-corrected chi connectivity index (χ2v) is 14.1. The molecule has 1 saturated carbocycles. The van der Waals surface area contributed by atoms with Gasteiger partial charge in [-0.2, -0.15) is 0 Å². The number of carbonyl (C=O) groups excluding carboxylic acids is 2. The Kier molecular flexibility index (Phi) is 8.96. The second-order valence-electron chi connectivity index (χ2n) is 14.1. The molecule has 0 radical (unpaired) electrons. The molecule has 4 aromatic rings. The normalized spacial score (nSPS) is 18.4. The second kappa shape index (κ2) is 13.5. The largest absolute Gasteiger partial charge is 0.478 e. The minimum atomic E-state index is -1.12. The van der Waals surface area contributed by atoms with Crippen molar-refractivity contribution in [2.75, 3.05) is 44.2 Å². The molecule has 2 saturated heterocycles. The van der Waals surface area contributed by atoms with E-state index in [0.29, 0.717) is 38.0 Å². The van der Waals surface area contributed by atoms with E-state index in [1.54, 1.807) is 18.7 Å². The summed E-state index contributed by atoms with van der Waals surface area (Å²) in [5.74, 6) is 0.561. The molecule has 1 unspecified atom stereocenters. The van der Waals surface area contributed by atoms with Gasteiger partial charge in [-0.05, 0) is 68.9 Å². The van der Waals surface area contributed by atoms with Gasteiger partial charge in [0, 0.05) is 86.3 Å². The molecular formula is C39H45N5O5. The Morgan fingerprint density at radius 1 is 0.898 bits per heavy atom. The molecule has 1 atom stereocenters. The zero-order chi connectivity index (χ0) is 34.1. The van der Waals surface area contributed by atoms with Crippen LogP contribution in [0.2, 0.25) is 0 Å². The van der Waals surface area contributed by atoms with Crippen LogP contribution < -0.4 is 9.64 Å². The molecule has 2 aliphatic heterocycles. The molecule has 3 aromatic carbocycles. The third kappa shape index (κ3) is 7.09. The van der Waals surface area contributed by atoms with Crippen molar-refractivity contribution in [3.63, 3.8) is 0 Å². The van der Waals surface area contributed by atoms with Gasteiger partial charge in [0.2, 0.25) is 5.91 Å². The molecule has 1 aromatic heterocycles. The van der Waals surface area contributed by atoms with Crippen LogP contribution >= 0.6 is 0 Å². The molecule has 2 N–H and O–H groups in total. The number of aromatic amines is 1. The van der Waals surface area contributed by atoms with Crippen molar-refractivity contribution in [1.82, 2.24) is 19.7 Å². The zero-order valence-corrected chi connectivity index (χ0v) is 28.3. The average Bonchev–Trinajstić information content (AvgIpc) is 3.88. The number of benzene rings is 3. The third-order valence-corrected chi connectivity index (χ3v) is 10.2. The maximum atomic E-state index is 14.1. The molecule has 10 heteroatoms. The molecule has 3 fully saturated rings. The van der Waals surface area contributed by atoms with Gasteiger partial charge in [-0.25, -0.2) is 4.79 Å². The number of H-pyrrole nitrogens is 1. The lowest BCUT2D eigenvalue weighted by molar-refractivity contribution is -0.147. The van der Waals surface area contributed by atoms with Crippen LogP contribution in [0.1, 0.15) is 45.1 Å². The molecule has 1 aliphatic carbocycles. The number of fused-ring (bicyclic) bond motifs is 1. The van der Waals surface area contributed by atoms with Crippen LogP contribution in [0, 0.1) is 5.92 Å². The highest BCUT2D eigenvalue weighted by Gasteiger charge is 2.38. The van der Waals surface area contributed by atoms with Crippen molar-refractivity contribution >= 4 is 34.5 Å². The van der Waals surface area contributed by atoms with Crippen molar-refractivity contribution in [3.05, 3.63) is 84.6 Å². The third-order valence-electron chi connectivity index (χ3n) is 10.2. The van der Waals surface area contributed by atoms with Crippen LogP contribution in [0.25, 0.3) is 22.0 Å². The number of hydrogen-bond donors (Lipinski definition) is 2. The number of piperazine rings is 1. The van der Waals surface area contributed by atoms with Crippen molar-refractivity contribution in [3.8, 4) is 16.9 Å². The molecule has 256 valence electrons. The summed E-state index contributed by atoms with van der Waals surface area (Å²) in [7, 11) is 0. The van der Waals surface area contributed by atoms with Crippen LogP contribution in [-0.4, -0.2) is 93.6 Å². The SMILES string of the molecule is CC(C)(Oc1cccc(N2CCCC(C(=O)N(Cc3ccc(-c4c[nH]c5ccccc45)cc3)C3CC3)C2)c1)C(=O)N1CCN(C(=O)O)CC1. The van der Waals surface area contributed by atoms with Gasteiger partial charge in [-0.15, -0.1) is 0 Å². The number of rotatable bonds is 9. The number of ether oxygens (including phenoxy) is 1. The highest BCUT2D eigenvalue weighted by Crippen LogP contribution is 2.34. The van der Waals surface area contributed by atoms with Crippen LogP contribution in [0.15, 0.2) is 79.0 Å². The smallest absolute Gasteiger partial charge is 0.407 e. The molecule has 10 nitrogen and oxygen atoms in total. The predicted octanol–water partition coefficient (Wildman–Crippen LogP) is 6.22. The number of nitrogens with one attached hydrogen (secondary N) is 1. The minimum Gasteiger partial charge on any atom is -0.478 e. The quantitative estimate of drug-likeness (QED) is 0.220. The average molecular weight is 664 g/mol. The summed E-state index contributed by atoms with van der Waals surface area (Å²) in [5.41, 5.74) is 4.45. The van der Waals surface area contributed by atoms with E-state index in [4.69, 9.17) is 4.74 Å². The van der Waals surface area contributed by atoms with E-state index in [0.717, 1.165) is 54.6 Å². The number of amides is 3. The molecule has 3 amide bonds. The Bertz CT molecular complexity index is 1820. The molecule has 3 aliphatic rings. The minimum absolute atomic E-state index is 0.0908. The van der Waals surface area contributed by atoms with Crippen molar-refractivity contribution < 1.29 is 24.2 Å². The molecule has 0 spiro atoms. The molecule has 3 heterocycles. The van der Waals surface area contributed by atoms with Crippen molar-refractivity contribution in [2.24, 2.45) is 5.92 Å². The highest BCUT2D eigenvalue weighted by atomic mass is 16.5. The first-order valence-electron chi connectivity index (χ1n) is 17.4. The number of para-hydroxylation sites is 1. The van der Waals surface area contributed by atoms with E-state index in [9.17, 15) is 19.5 Å².